The van der Waals surface area contributed by atoms with Crippen LogP contribution in [-0.4, -0.2) is 0 Å². The van der Waals surface area contributed by atoms with Crippen molar-refractivity contribution in [2.75, 3.05) is 0 Å². The van der Waals surface area contributed by atoms with Crippen LogP contribution in [0.5, 0.6) is 0 Å². The second kappa shape index (κ2) is 3.03. The number of hydrogen-bond donors (Lipinski definition) is 0. The second-order valence-electron chi connectivity index (χ2n) is 1.43. The van der Waals surface area contributed by atoms with Gasteiger partial charge in [-0.1, -0.05) is 0 Å². The van der Waals surface area contributed by atoms with Crippen molar-refractivity contribution in [3.8, 4) is 0 Å². The van der Waals surface area contributed by atoms with Gasteiger partial charge >= 0.3 is 78.3 Å². The molecule has 74 valence electrons. The van der Waals surface area contributed by atoms with Crippen LogP contribution >= 0.6 is 0 Å². The van der Waals surface area contributed by atoms with E-state index in [0.717, 1.165) is 0 Å². The predicted octanol–water partition coefficient (Wildman–Crippen LogP) is -3.07. The van der Waals surface area contributed by atoms with Crippen molar-refractivity contribution in [3.05, 3.63) is 0 Å². The molecule has 1 rings (SSSR count). The second-order valence-corrected chi connectivity index (χ2v) is 14.4. The van der Waals surface area contributed by atoms with Gasteiger partial charge < -0.3 is 0 Å². The van der Waals surface area contributed by atoms with Crippen molar-refractivity contribution < 1.29 is 78.3 Å². The topological polar surface area (TPSA) is 142 Å². The Balaban J connectivity index is 3.14. The summed E-state index contributed by atoms with van der Waals surface area (Å²) in [6.07, 6.45) is 0. The summed E-state index contributed by atoms with van der Waals surface area (Å²) in [7, 11) is 0. The van der Waals surface area contributed by atoms with Crippen LogP contribution in [0.3, 0.4) is 0 Å². The average Bonchev–Trinajstić information content (AvgIpc) is 1.44. The summed E-state index contributed by atoms with van der Waals surface area (Å²) in [6, 6.07) is 0. The SMILES string of the molecule is [O]=[Mo]1([O-])[O][Mo](=[O])([O-])[O][Mo](=[O])(=[O])[O]1. The van der Waals surface area contributed by atoms with Gasteiger partial charge in [0.1, 0.15) is 0 Å². The van der Waals surface area contributed by atoms with Gasteiger partial charge in [-0.25, -0.2) is 0 Å². The third kappa shape index (κ3) is 3.08. The molecule has 0 unspecified atom stereocenters. The quantitative estimate of drug-likeness (QED) is 0.365. The molecule has 1 fully saturated rings. The van der Waals surface area contributed by atoms with E-state index in [0.29, 0.717) is 0 Å². The molecule has 0 N–H and O–H groups in total. The van der Waals surface area contributed by atoms with Crippen molar-refractivity contribution in [3.63, 3.8) is 0 Å². The van der Waals surface area contributed by atoms with Gasteiger partial charge in [0.2, 0.25) is 0 Å². The molecule has 0 saturated carbocycles. The van der Waals surface area contributed by atoms with Crippen LogP contribution in [0, 0.1) is 0 Å². The van der Waals surface area contributed by atoms with Crippen LogP contribution < -0.4 is 7.52 Å². The summed E-state index contributed by atoms with van der Waals surface area (Å²) in [5, 5.41) is 0. The fraction of sp³-hybridized carbons (Fsp3) is 0. The first-order valence-corrected chi connectivity index (χ1v) is 11.8. The molecule has 0 atom stereocenters. The third-order valence-electron chi connectivity index (χ3n) is 0.500. The van der Waals surface area contributed by atoms with E-state index >= 15 is 0 Å². The van der Waals surface area contributed by atoms with Crippen molar-refractivity contribution in [1.29, 1.82) is 0 Å². The Bertz CT molecular complexity index is 341. The molecular weight excluding hydrogens is 432 g/mol. The normalized spacial score (nSPS) is 47.2. The van der Waals surface area contributed by atoms with Gasteiger partial charge in [-0.3, -0.25) is 0 Å². The van der Waals surface area contributed by atoms with E-state index in [1.54, 1.807) is 0 Å². The first-order valence-electron chi connectivity index (χ1n) is 2.00. The summed E-state index contributed by atoms with van der Waals surface area (Å²) in [4.78, 5) is 0. The standard InChI is InChI=1S/3Mo.9O/q;;;;;;;;;;2*-1. The monoisotopic (exact) mass is 438 g/mol. The summed E-state index contributed by atoms with van der Waals surface area (Å²) >= 11 is -18.3. The Labute approximate surface area is 77.7 Å². The maximum atomic E-state index is 10.4. The molecule has 0 aliphatic carbocycles. The molecule has 0 bridgehead atoms. The zero-order valence-corrected chi connectivity index (χ0v) is 10.9. The number of rotatable bonds is 0. The summed E-state index contributed by atoms with van der Waals surface area (Å²) in [6.45, 7) is 0. The first-order chi connectivity index (χ1) is 5.12. The third-order valence-corrected chi connectivity index (χ3v) is 17.5. The Hall–Kier alpha value is 1.06. The molecule has 12 heteroatoms. The van der Waals surface area contributed by atoms with Gasteiger partial charge in [0.25, 0.3) is 0 Å². The van der Waals surface area contributed by atoms with Crippen molar-refractivity contribution in [2.24, 2.45) is 0 Å². The van der Waals surface area contributed by atoms with Gasteiger partial charge in [0.05, 0.1) is 0 Å². The summed E-state index contributed by atoms with van der Waals surface area (Å²) in [5.74, 6) is 0. The molecule has 0 spiro atoms. The molecular formula is Mo3O9-2. The molecule has 0 radical (unpaired) electrons. The molecule has 1 saturated heterocycles. The van der Waals surface area contributed by atoms with E-state index in [2.05, 4.69) is 6.13 Å². The number of hydrogen-bond acceptors (Lipinski definition) is 9. The molecule has 1 heterocycles. The Morgan fingerprint density at radius 1 is 0.750 bits per heavy atom. The van der Waals surface area contributed by atoms with Crippen LogP contribution in [0.25, 0.3) is 0 Å². The molecule has 0 aromatic heterocycles. The van der Waals surface area contributed by atoms with Crippen molar-refractivity contribution in [1.82, 2.24) is 0 Å². The van der Waals surface area contributed by atoms with Crippen LogP contribution in [0.1, 0.15) is 0 Å². The van der Waals surface area contributed by atoms with Gasteiger partial charge in [-0.15, -0.1) is 0 Å². The Morgan fingerprint density at radius 3 is 1.33 bits per heavy atom. The molecule has 1 aliphatic heterocycles. The van der Waals surface area contributed by atoms with Crippen LogP contribution in [0.4, 0.5) is 0 Å². The van der Waals surface area contributed by atoms with Crippen LogP contribution in [0.15, 0.2) is 0 Å². The van der Waals surface area contributed by atoms with E-state index in [-0.39, 0.29) is 0 Å². The van der Waals surface area contributed by atoms with Gasteiger partial charge in [-0.2, -0.15) is 0 Å². The Kier molecular flexibility index (Phi) is 2.82. The maximum absolute atomic E-state index is 10.4. The molecule has 0 amide bonds. The van der Waals surface area contributed by atoms with Crippen molar-refractivity contribution >= 4 is 0 Å². The van der Waals surface area contributed by atoms with Crippen LogP contribution in [0.2, 0.25) is 0 Å². The van der Waals surface area contributed by atoms with E-state index in [1.807, 2.05) is 0 Å². The predicted molar refractivity (Wildman–Crippen MR) is 6.00 cm³/mol. The zero-order valence-electron chi connectivity index (χ0n) is 4.90. The molecule has 0 aromatic carbocycles. The van der Waals surface area contributed by atoms with Crippen molar-refractivity contribution in [2.45, 2.75) is 0 Å². The summed E-state index contributed by atoms with van der Waals surface area (Å²) in [5.41, 5.74) is 0. The van der Waals surface area contributed by atoms with E-state index < -0.39 is 51.1 Å². The fourth-order valence-electron chi connectivity index (χ4n) is 0.340. The fourth-order valence-corrected chi connectivity index (χ4v) is 17.8. The average molecular weight is 432 g/mol. The zero-order chi connectivity index (χ0) is 9.62. The van der Waals surface area contributed by atoms with Gasteiger partial charge in [0, 0.05) is 0 Å². The minimum absolute atomic E-state index is 3.36. The molecule has 0 aromatic rings. The molecule has 1 aliphatic rings. The molecule has 12 heavy (non-hydrogen) atoms. The van der Waals surface area contributed by atoms with E-state index in [4.69, 9.17) is 0 Å². The molecule has 9 nitrogen and oxygen atoms in total. The minimum atomic E-state index is -6.09. The van der Waals surface area contributed by atoms with Gasteiger partial charge in [0.15, 0.2) is 0 Å². The summed E-state index contributed by atoms with van der Waals surface area (Å²) < 4.78 is 72.2. The Morgan fingerprint density at radius 2 is 1.08 bits per heavy atom. The van der Waals surface area contributed by atoms with Crippen LogP contribution in [-0.2, 0) is 70.8 Å². The van der Waals surface area contributed by atoms with Gasteiger partial charge in [-0.05, 0) is 0 Å². The first kappa shape index (κ1) is 11.1. The van der Waals surface area contributed by atoms with E-state index in [9.17, 15) is 21.1 Å². The van der Waals surface area contributed by atoms with E-state index in [1.165, 1.54) is 0 Å².